The van der Waals surface area contributed by atoms with Crippen LogP contribution in [-0.4, -0.2) is 55.2 Å². The zero-order valence-corrected chi connectivity index (χ0v) is 9.91. The number of nitrogens with zero attached hydrogens (tertiary/aromatic N) is 1. The third-order valence-corrected chi connectivity index (χ3v) is 5.28. The summed E-state index contributed by atoms with van der Waals surface area (Å²) in [6.07, 6.45) is 1.55. The summed E-state index contributed by atoms with van der Waals surface area (Å²) >= 11 is 0. The molecule has 2 aliphatic heterocycles. The van der Waals surface area contributed by atoms with E-state index in [4.69, 9.17) is 0 Å². The number of sulfone groups is 1. The first-order valence-corrected chi connectivity index (χ1v) is 7.42. The lowest BCUT2D eigenvalue weighted by molar-refractivity contribution is 0.0609. The number of aliphatic hydroxyl groups is 1. The topological polar surface area (TPSA) is 57.6 Å². The number of aliphatic hydroxyl groups excluding tert-OH is 1. The Labute approximate surface area is 91.2 Å². The molecule has 4 nitrogen and oxygen atoms in total. The van der Waals surface area contributed by atoms with Gasteiger partial charge in [-0.15, -0.1) is 0 Å². The molecular formula is C10H19NO3S. The van der Waals surface area contributed by atoms with E-state index in [1.165, 1.54) is 0 Å². The average molecular weight is 233 g/mol. The Balaban J connectivity index is 2.00. The van der Waals surface area contributed by atoms with Crippen LogP contribution in [0.5, 0.6) is 0 Å². The van der Waals surface area contributed by atoms with E-state index in [1.807, 2.05) is 0 Å². The fourth-order valence-electron chi connectivity index (χ4n) is 2.52. The largest absolute Gasteiger partial charge is 0.390 e. The van der Waals surface area contributed by atoms with Crippen LogP contribution in [-0.2, 0) is 9.84 Å². The molecule has 2 aliphatic rings. The maximum absolute atomic E-state index is 11.4. The molecule has 0 aromatic heterocycles. The quantitative estimate of drug-likeness (QED) is 0.686. The standard InChI is InChI=1S/C10H19NO3S/c1-8-2-4-11(5-3-8)9-6-15(13,14)7-10(9)12/h8-10,12H,2-7H2,1H3. The van der Waals surface area contributed by atoms with Crippen molar-refractivity contribution >= 4 is 9.84 Å². The number of likely N-dealkylation sites (tertiary alicyclic amines) is 1. The van der Waals surface area contributed by atoms with Crippen LogP contribution in [0.4, 0.5) is 0 Å². The maximum Gasteiger partial charge on any atom is 0.154 e. The first kappa shape index (κ1) is 11.4. The van der Waals surface area contributed by atoms with Gasteiger partial charge in [-0.25, -0.2) is 8.42 Å². The van der Waals surface area contributed by atoms with Crippen molar-refractivity contribution in [3.8, 4) is 0 Å². The smallest absolute Gasteiger partial charge is 0.154 e. The molecule has 0 aliphatic carbocycles. The highest BCUT2D eigenvalue weighted by molar-refractivity contribution is 7.91. The first-order chi connectivity index (χ1) is 6.98. The summed E-state index contributed by atoms with van der Waals surface area (Å²) in [4.78, 5) is 2.15. The van der Waals surface area contributed by atoms with Crippen molar-refractivity contribution in [2.75, 3.05) is 24.6 Å². The lowest BCUT2D eigenvalue weighted by Crippen LogP contribution is -2.46. The van der Waals surface area contributed by atoms with Gasteiger partial charge in [-0.05, 0) is 31.8 Å². The van der Waals surface area contributed by atoms with E-state index in [0.717, 1.165) is 31.8 Å². The Morgan fingerprint density at radius 2 is 1.80 bits per heavy atom. The van der Waals surface area contributed by atoms with Crippen LogP contribution in [0.3, 0.4) is 0 Å². The fourth-order valence-corrected chi connectivity index (χ4v) is 4.35. The molecule has 2 fully saturated rings. The molecule has 88 valence electrons. The van der Waals surface area contributed by atoms with E-state index in [2.05, 4.69) is 11.8 Å². The summed E-state index contributed by atoms with van der Waals surface area (Å²) in [6.45, 7) is 4.08. The van der Waals surface area contributed by atoms with Gasteiger partial charge in [-0.1, -0.05) is 6.92 Å². The van der Waals surface area contributed by atoms with Gasteiger partial charge >= 0.3 is 0 Å². The van der Waals surface area contributed by atoms with Crippen LogP contribution >= 0.6 is 0 Å². The van der Waals surface area contributed by atoms with Crippen LogP contribution in [0.2, 0.25) is 0 Å². The highest BCUT2D eigenvalue weighted by atomic mass is 32.2. The molecule has 15 heavy (non-hydrogen) atoms. The normalized spacial score (nSPS) is 38.3. The van der Waals surface area contributed by atoms with Gasteiger partial charge in [-0.2, -0.15) is 0 Å². The molecule has 0 spiro atoms. The third-order valence-electron chi connectivity index (χ3n) is 3.58. The van der Waals surface area contributed by atoms with E-state index in [9.17, 15) is 13.5 Å². The number of piperidine rings is 1. The van der Waals surface area contributed by atoms with Gasteiger partial charge in [0.2, 0.25) is 0 Å². The van der Waals surface area contributed by atoms with Crippen LogP contribution < -0.4 is 0 Å². The van der Waals surface area contributed by atoms with E-state index < -0.39 is 15.9 Å². The monoisotopic (exact) mass is 233 g/mol. The zero-order chi connectivity index (χ0) is 11.1. The zero-order valence-electron chi connectivity index (χ0n) is 9.09. The van der Waals surface area contributed by atoms with Gasteiger partial charge in [0.05, 0.1) is 23.7 Å². The highest BCUT2D eigenvalue weighted by Gasteiger charge is 2.40. The molecule has 2 heterocycles. The molecule has 0 radical (unpaired) electrons. The molecule has 2 atom stereocenters. The molecule has 0 saturated carbocycles. The molecular weight excluding hydrogens is 214 g/mol. The van der Waals surface area contributed by atoms with Gasteiger partial charge in [0, 0.05) is 0 Å². The van der Waals surface area contributed by atoms with Crippen LogP contribution in [0, 0.1) is 5.92 Å². The predicted octanol–water partition coefficient (Wildman–Crippen LogP) is -0.124. The Kier molecular flexibility index (Phi) is 3.05. The molecule has 0 aromatic carbocycles. The van der Waals surface area contributed by atoms with Crippen molar-refractivity contribution in [1.29, 1.82) is 0 Å². The Morgan fingerprint density at radius 1 is 1.20 bits per heavy atom. The maximum atomic E-state index is 11.4. The van der Waals surface area contributed by atoms with E-state index >= 15 is 0 Å². The molecule has 2 rings (SSSR count). The van der Waals surface area contributed by atoms with Gasteiger partial charge in [0.1, 0.15) is 0 Å². The second-order valence-corrected chi connectivity index (χ2v) is 7.08. The van der Waals surface area contributed by atoms with Crippen molar-refractivity contribution in [2.45, 2.75) is 31.9 Å². The predicted molar refractivity (Wildman–Crippen MR) is 58.4 cm³/mol. The number of hydrogen-bond donors (Lipinski definition) is 1. The molecule has 1 N–H and O–H groups in total. The Hall–Kier alpha value is -0.130. The minimum atomic E-state index is -3.00. The lowest BCUT2D eigenvalue weighted by atomic mass is 9.97. The summed E-state index contributed by atoms with van der Waals surface area (Å²) in [5, 5.41) is 9.72. The summed E-state index contributed by atoms with van der Waals surface area (Å²) < 4.78 is 22.7. The van der Waals surface area contributed by atoms with Crippen molar-refractivity contribution < 1.29 is 13.5 Å². The fraction of sp³-hybridized carbons (Fsp3) is 1.00. The molecule has 0 amide bonds. The van der Waals surface area contributed by atoms with Gasteiger partial charge in [0.15, 0.2) is 9.84 Å². The van der Waals surface area contributed by atoms with Crippen LogP contribution in [0.1, 0.15) is 19.8 Å². The van der Waals surface area contributed by atoms with Gasteiger partial charge < -0.3 is 5.11 Å². The summed E-state index contributed by atoms with van der Waals surface area (Å²) in [6, 6.07) is -0.150. The minimum Gasteiger partial charge on any atom is -0.390 e. The van der Waals surface area contributed by atoms with Crippen molar-refractivity contribution in [3.63, 3.8) is 0 Å². The number of rotatable bonds is 1. The van der Waals surface area contributed by atoms with E-state index in [1.54, 1.807) is 0 Å². The number of hydrogen-bond acceptors (Lipinski definition) is 4. The molecule has 0 bridgehead atoms. The van der Waals surface area contributed by atoms with Crippen LogP contribution in [0.15, 0.2) is 0 Å². The third kappa shape index (κ3) is 2.52. The molecule has 2 unspecified atom stereocenters. The highest BCUT2D eigenvalue weighted by Crippen LogP contribution is 2.24. The first-order valence-electron chi connectivity index (χ1n) is 5.60. The lowest BCUT2D eigenvalue weighted by Gasteiger charge is -2.35. The van der Waals surface area contributed by atoms with Gasteiger partial charge in [0.25, 0.3) is 0 Å². The van der Waals surface area contributed by atoms with E-state index in [-0.39, 0.29) is 17.5 Å². The summed E-state index contributed by atoms with van der Waals surface area (Å²) in [5.41, 5.74) is 0. The minimum absolute atomic E-state index is 0.0519. The SMILES string of the molecule is CC1CCN(C2CS(=O)(=O)CC2O)CC1. The van der Waals surface area contributed by atoms with Crippen molar-refractivity contribution in [2.24, 2.45) is 5.92 Å². The Bertz CT molecular complexity index is 320. The van der Waals surface area contributed by atoms with Gasteiger partial charge in [-0.3, -0.25) is 4.90 Å². The molecule has 5 heteroatoms. The van der Waals surface area contributed by atoms with Crippen molar-refractivity contribution in [1.82, 2.24) is 4.90 Å². The second kappa shape index (κ2) is 4.03. The second-order valence-electron chi connectivity index (χ2n) is 4.93. The summed E-state index contributed by atoms with van der Waals surface area (Å²) in [7, 11) is -3.00. The molecule has 2 saturated heterocycles. The van der Waals surface area contributed by atoms with Crippen LogP contribution in [0.25, 0.3) is 0 Å². The summed E-state index contributed by atoms with van der Waals surface area (Å²) in [5.74, 6) is 0.822. The Morgan fingerprint density at radius 3 is 2.27 bits per heavy atom. The average Bonchev–Trinajstić information content (AvgIpc) is 2.41. The molecule has 0 aromatic rings. The van der Waals surface area contributed by atoms with E-state index in [0.29, 0.717) is 0 Å². The van der Waals surface area contributed by atoms with Crippen molar-refractivity contribution in [3.05, 3.63) is 0 Å².